The van der Waals surface area contributed by atoms with Crippen molar-refractivity contribution < 1.29 is 14.4 Å². The second-order valence-corrected chi connectivity index (χ2v) is 5.23. The van der Waals surface area contributed by atoms with Crippen molar-refractivity contribution in [2.75, 3.05) is 7.11 Å². The van der Waals surface area contributed by atoms with Crippen molar-refractivity contribution in [3.8, 4) is 17.0 Å². The summed E-state index contributed by atoms with van der Waals surface area (Å²) in [5.74, 6) is 1.64. The maximum Gasteiger partial charge on any atom is 0.168 e. The van der Waals surface area contributed by atoms with E-state index in [4.69, 9.17) is 9.26 Å². The lowest BCUT2D eigenvalue weighted by molar-refractivity contribution is 0.00603. The molecule has 4 heteroatoms. The third-order valence-corrected chi connectivity index (χ3v) is 3.77. The number of aliphatic hydroxyl groups is 1. The normalized spacial score (nSPS) is 18.1. The molecule has 1 N–H and O–H groups in total. The van der Waals surface area contributed by atoms with E-state index in [2.05, 4.69) is 5.16 Å². The van der Waals surface area contributed by atoms with Gasteiger partial charge in [0.15, 0.2) is 5.76 Å². The topological polar surface area (TPSA) is 55.5 Å². The molecule has 100 valence electrons. The molecule has 3 rings (SSSR count). The molecule has 0 amide bonds. The van der Waals surface area contributed by atoms with Crippen molar-refractivity contribution in [3.63, 3.8) is 0 Å². The highest BCUT2D eigenvalue weighted by atomic mass is 16.5. The summed E-state index contributed by atoms with van der Waals surface area (Å²) >= 11 is 0. The van der Waals surface area contributed by atoms with E-state index in [1.807, 2.05) is 30.3 Å². The third kappa shape index (κ3) is 2.24. The fourth-order valence-electron chi connectivity index (χ4n) is 2.26. The van der Waals surface area contributed by atoms with Gasteiger partial charge in [0.1, 0.15) is 17.0 Å². The molecule has 0 radical (unpaired) electrons. The van der Waals surface area contributed by atoms with Crippen molar-refractivity contribution in [1.29, 1.82) is 0 Å². The summed E-state index contributed by atoms with van der Waals surface area (Å²) in [5, 5.41) is 14.5. The van der Waals surface area contributed by atoms with Crippen LogP contribution in [0.3, 0.4) is 0 Å². The Morgan fingerprint density at radius 3 is 2.58 bits per heavy atom. The van der Waals surface area contributed by atoms with E-state index in [0.717, 1.165) is 29.8 Å². The molecule has 1 aromatic carbocycles. The summed E-state index contributed by atoms with van der Waals surface area (Å²) in [6.07, 6.45) is 2.09. The number of benzene rings is 1. The van der Waals surface area contributed by atoms with Crippen LogP contribution < -0.4 is 4.74 Å². The first-order valence-electron chi connectivity index (χ1n) is 6.45. The van der Waals surface area contributed by atoms with Crippen LogP contribution in [-0.4, -0.2) is 17.4 Å². The van der Waals surface area contributed by atoms with Crippen LogP contribution in [0.2, 0.25) is 0 Å². The van der Waals surface area contributed by atoms with Gasteiger partial charge in [-0.25, -0.2) is 0 Å². The molecule has 0 bridgehead atoms. The van der Waals surface area contributed by atoms with E-state index < -0.39 is 5.60 Å². The molecule has 1 saturated carbocycles. The number of rotatable bonds is 4. The number of methoxy groups -OCH3 is 1. The lowest BCUT2D eigenvalue weighted by Gasteiger charge is -2.18. The summed E-state index contributed by atoms with van der Waals surface area (Å²) in [6, 6.07) is 9.42. The van der Waals surface area contributed by atoms with Gasteiger partial charge in [-0.2, -0.15) is 0 Å². The van der Waals surface area contributed by atoms with Gasteiger partial charge in [0.25, 0.3) is 0 Å². The van der Waals surface area contributed by atoms with Gasteiger partial charge in [-0.3, -0.25) is 0 Å². The fraction of sp³-hybridized carbons (Fsp3) is 0.400. The van der Waals surface area contributed by atoms with E-state index in [1.54, 1.807) is 14.0 Å². The first-order valence-corrected chi connectivity index (χ1v) is 6.45. The van der Waals surface area contributed by atoms with Gasteiger partial charge >= 0.3 is 0 Å². The molecule has 2 aromatic rings. The molecule has 0 aliphatic heterocycles. The molecule has 1 fully saturated rings. The van der Waals surface area contributed by atoms with Crippen LogP contribution in [-0.2, 0) is 5.60 Å². The van der Waals surface area contributed by atoms with Crippen LogP contribution in [0, 0.1) is 5.92 Å². The Kier molecular flexibility index (Phi) is 2.82. The zero-order valence-corrected chi connectivity index (χ0v) is 11.1. The quantitative estimate of drug-likeness (QED) is 0.917. The van der Waals surface area contributed by atoms with Gasteiger partial charge < -0.3 is 14.4 Å². The highest BCUT2D eigenvalue weighted by Gasteiger charge is 2.44. The monoisotopic (exact) mass is 259 g/mol. The average molecular weight is 259 g/mol. The smallest absolute Gasteiger partial charge is 0.168 e. The molecular formula is C15H17NO3. The second-order valence-electron chi connectivity index (χ2n) is 5.23. The number of aromatic nitrogens is 1. The van der Waals surface area contributed by atoms with Crippen LogP contribution >= 0.6 is 0 Å². The minimum Gasteiger partial charge on any atom is -0.497 e. The molecule has 0 spiro atoms. The van der Waals surface area contributed by atoms with E-state index in [0.29, 0.717) is 11.7 Å². The zero-order chi connectivity index (χ0) is 13.5. The molecule has 1 aromatic heterocycles. The fourth-order valence-corrected chi connectivity index (χ4v) is 2.26. The van der Waals surface area contributed by atoms with Crippen LogP contribution in [0.15, 0.2) is 34.9 Å². The van der Waals surface area contributed by atoms with Crippen molar-refractivity contribution in [1.82, 2.24) is 5.16 Å². The van der Waals surface area contributed by atoms with Crippen LogP contribution in [0.1, 0.15) is 25.5 Å². The average Bonchev–Trinajstić information content (AvgIpc) is 3.17. The molecule has 0 unspecified atom stereocenters. The highest BCUT2D eigenvalue weighted by molar-refractivity contribution is 5.60. The summed E-state index contributed by atoms with van der Waals surface area (Å²) in [5.41, 5.74) is 0.776. The standard InChI is InChI=1S/C15H17NO3/c1-15(17,11-5-6-11)14-9-13(16-19-14)10-3-7-12(18-2)8-4-10/h3-4,7-9,11,17H,5-6H2,1-2H3/t15-/m0/s1. The van der Waals surface area contributed by atoms with Gasteiger partial charge in [0, 0.05) is 11.6 Å². The molecule has 1 atom stereocenters. The van der Waals surface area contributed by atoms with Gasteiger partial charge in [0.05, 0.1) is 7.11 Å². The molecule has 19 heavy (non-hydrogen) atoms. The van der Waals surface area contributed by atoms with Crippen LogP contribution in [0.4, 0.5) is 0 Å². The largest absolute Gasteiger partial charge is 0.497 e. The summed E-state index contributed by atoms with van der Waals surface area (Å²) in [6.45, 7) is 1.79. The van der Waals surface area contributed by atoms with Crippen LogP contribution in [0.5, 0.6) is 5.75 Å². The molecule has 1 aliphatic rings. The minimum absolute atomic E-state index is 0.296. The predicted molar refractivity (Wildman–Crippen MR) is 70.8 cm³/mol. The van der Waals surface area contributed by atoms with Gasteiger partial charge in [-0.05, 0) is 49.9 Å². The Labute approximate surface area is 112 Å². The Balaban J connectivity index is 1.87. The third-order valence-electron chi connectivity index (χ3n) is 3.77. The molecule has 1 heterocycles. The lowest BCUT2D eigenvalue weighted by Crippen LogP contribution is -2.22. The summed E-state index contributed by atoms with van der Waals surface area (Å²) in [7, 11) is 1.63. The Morgan fingerprint density at radius 2 is 2.00 bits per heavy atom. The van der Waals surface area contributed by atoms with Gasteiger partial charge in [-0.15, -0.1) is 0 Å². The zero-order valence-electron chi connectivity index (χ0n) is 11.1. The SMILES string of the molecule is COc1ccc(-c2cc([C@@](C)(O)C3CC3)on2)cc1. The second kappa shape index (κ2) is 4.38. The Morgan fingerprint density at radius 1 is 1.32 bits per heavy atom. The number of ether oxygens (including phenoxy) is 1. The van der Waals surface area contributed by atoms with Crippen molar-refractivity contribution >= 4 is 0 Å². The highest BCUT2D eigenvalue weighted by Crippen LogP contribution is 2.45. The molecule has 1 aliphatic carbocycles. The van der Waals surface area contributed by atoms with Crippen molar-refractivity contribution in [2.24, 2.45) is 5.92 Å². The maximum absolute atomic E-state index is 10.4. The first-order chi connectivity index (χ1) is 9.11. The Hall–Kier alpha value is -1.81. The summed E-state index contributed by atoms with van der Waals surface area (Å²) < 4.78 is 10.4. The van der Waals surface area contributed by atoms with Crippen molar-refractivity contribution in [3.05, 3.63) is 36.1 Å². The molecule has 0 saturated heterocycles. The number of hydrogen-bond donors (Lipinski definition) is 1. The van der Waals surface area contributed by atoms with Crippen molar-refractivity contribution in [2.45, 2.75) is 25.4 Å². The lowest BCUT2D eigenvalue weighted by atomic mass is 9.96. The van der Waals surface area contributed by atoms with Gasteiger partial charge in [0.2, 0.25) is 0 Å². The van der Waals surface area contributed by atoms with Crippen LogP contribution in [0.25, 0.3) is 11.3 Å². The minimum atomic E-state index is -0.905. The maximum atomic E-state index is 10.4. The molecular weight excluding hydrogens is 242 g/mol. The predicted octanol–water partition coefficient (Wildman–Crippen LogP) is 2.97. The van der Waals surface area contributed by atoms with E-state index in [-0.39, 0.29) is 0 Å². The molecule has 4 nitrogen and oxygen atoms in total. The number of hydrogen-bond acceptors (Lipinski definition) is 4. The number of nitrogens with zero attached hydrogens (tertiary/aromatic N) is 1. The van der Waals surface area contributed by atoms with E-state index in [9.17, 15) is 5.11 Å². The van der Waals surface area contributed by atoms with E-state index >= 15 is 0 Å². The van der Waals surface area contributed by atoms with Gasteiger partial charge in [-0.1, -0.05) is 5.16 Å². The first kappa shape index (κ1) is 12.2. The Bertz CT molecular complexity index is 567. The van der Waals surface area contributed by atoms with E-state index in [1.165, 1.54) is 0 Å². The summed E-state index contributed by atoms with van der Waals surface area (Å²) in [4.78, 5) is 0.